The summed E-state index contributed by atoms with van der Waals surface area (Å²) in [5.74, 6) is -2.96. The van der Waals surface area contributed by atoms with Crippen molar-refractivity contribution in [2.45, 2.75) is 13.5 Å². The number of carbonyl (C=O) groups is 2. The number of thiazole rings is 1. The number of rotatable bonds is 8. The lowest BCUT2D eigenvalue weighted by molar-refractivity contribution is -0.385. The molecule has 0 aliphatic heterocycles. The second-order valence-corrected chi connectivity index (χ2v) is 7.38. The average Bonchev–Trinajstić information content (AvgIpc) is 3.20. The van der Waals surface area contributed by atoms with Crippen LogP contribution in [0.5, 0.6) is 11.5 Å². The number of amides is 2. The Bertz CT molecular complexity index is 1270. The number of ether oxygens (including phenoxy) is 2. The van der Waals surface area contributed by atoms with Crippen LogP contribution in [0.3, 0.4) is 0 Å². The van der Waals surface area contributed by atoms with Crippen LogP contribution in [0.25, 0.3) is 11.3 Å². The minimum atomic E-state index is -3.27. The van der Waals surface area contributed by atoms with Crippen molar-refractivity contribution in [2.75, 3.05) is 17.7 Å². The molecule has 2 aromatic carbocycles. The van der Waals surface area contributed by atoms with E-state index in [1.54, 1.807) is 0 Å². The van der Waals surface area contributed by atoms with Crippen molar-refractivity contribution < 1.29 is 37.2 Å². The van der Waals surface area contributed by atoms with Crippen molar-refractivity contribution >= 4 is 39.7 Å². The Kier molecular flexibility index (Phi) is 7.31. The van der Waals surface area contributed by atoms with E-state index >= 15 is 0 Å². The standard InChI is InChI=1S/C20H15F3N4O6S/c1-9(28)24-10-3-4-11(13(21)5-10)14-8-34-20(25-14)26-18(29)12-6-16(32-2)17(33-19(22)23)7-15(12)27(30)31/h3-8,19H,1-2H3,(H,24,28)(H,25,26,29). The van der Waals surface area contributed by atoms with Gasteiger partial charge in [-0.25, -0.2) is 9.37 Å². The van der Waals surface area contributed by atoms with Crippen LogP contribution < -0.4 is 20.1 Å². The number of halogens is 3. The smallest absolute Gasteiger partial charge is 0.387 e. The third kappa shape index (κ3) is 5.58. The number of benzene rings is 2. The molecule has 0 saturated carbocycles. The second-order valence-electron chi connectivity index (χ2n) is 6.52. The molecule has 0 spiro atoms. The zero-order valence-electron chi connectivity index (χ0n) is 17.4. The van der Waals surface area contributed by atoms with Gasteiger partial charge in [-0.05, 0) is 18.2 Å². The van der Waals surface area contributed by atoms with Gasteiger partial charge in [0, 0.05) is 29.6 Å². The highest BCUT2D eigenvalue weighted by atomic mass is 32.1. The molecule has 0 unspecified atom stereocenters. The molecular formula is C20H15F3N4O6S. The van der Waals surface area contributed by atoms with E-state index in [9.17, 15) is 32.9 Å². The van der Waals surface area contributed by atoms with Crippen LogP contribution in [0.4, 0.5) is 29.7 Å². The predicted octanol–water partition coefficient (Wildman–Crippen LogP) is 4.68. The van der Waals surface area contributed by atoms with Crippen LogP contribution in [-0.2, 0) is 4.79 Å². The van der Waals surface area contributed by atoms with Gasteiger partial charge in [-0.15, -0.1) is 11.3 Å². The SMILES string of the molecule is COc1cc(C(=O)Nc2nc(-c3ccc(NC(C)=O)cc3F)cs2)c([N+](=O)[O-])cc1OC(F)F. The first kappa shape index (κ1) is 24.4. The highest BCUT2D eigenvalue weighted by Crippen LogP contribution is 2.36. The van der Waals surface area contributed by atoms with E-state index in [1.807, 2.05) is 0 Å². The van der Waals surface area contributed by atoms with E-state index in [-0.39, 0.29) is 33.7 Å². The monoisotopic (exact) mass is 496 g/mol. The Labute approximate surface area is 193 Å². The van der Waals surface area contributed by atoms with Gasteiger partial charge in [0.2, 0.25) is 5.91 Å². The van der Waals surface area contributed by atoms with Crippen molar-refractivity contribution in [2.24, 2.45) is 0 Å². The van der Waals surface area contributed by atoms with Gasteiger partial charge in [0.1, 0.15) is 11.4 Å². The summed E-state index contributed by atoms with van der Waals surface area (Å²) in [5, 5.41) is 17.6. The Morgan fingerprint density at radius 1 is 1.18 bits per heavy atom. The van der Waals surface area contributed by atoms with E-state index in [0.29, 0.717) is 6.07 Å². The van der Waals surface area contributed by atoms with Crippen molar-refractivity contribution in [3.05, 3.63) is 57.2 Å². The Morgan fingerprint density at radius 2 is 1.91 bits per heavy atom. The van der Waals surface area contributed by atoms with Gasteiger partial charge in [0.15, 0.2) is 16.6 Å². The van der Waals surface area contributed by atoms with E-state index in [0.717, 1.165) is 30.6 Å². The number of nitrogens with zero attached hydrogens (tertiary/aromatic N) is 2. The molecule has 3 aromatic rings. The number of hydrogen-bond acceptors (Lipinski definition) is 8. The van der Waals surface area contributed by atoms with Gasteiger partial charge in [-0.2, -0.15) is 8.78 Å². The molecule has 178 valence electrons. The maximum atomic E-state index is 14.4. The molecule has 0 bridgehead atoms. The molecule has 14 heteroatoms. The lowest BCUT2D eigenvalue weighted by atomic mass is 10.1. The molecule has 3 rings (SSSR count). The molecule has 0 saturated heterocycles. The first-order valence-corrected chi connectivity index (χ1v) is 10.1. The second kappa shape index (κ2) is 10.2. The minimum Gasteiger partial charge on any atom is -0.493 e. The molecule has 0 aliphatic carbocycles. The number of nitro groups is 1. The Balaban J connectivity index is 1.87. The fourth-order valence-electron chi connectivity index (χ4n) is 2.85. The van der Waals surface area contributed by atoms with E-state index in [4.69, 9.17) is 4.74 Å². The first-order chi connectivity index (χ1) is 16.1. The Hall–Kier alpha value is -4.20. The number of carbonyl (C=O) groups excluding carboxylic acids is 2. The predicted molar refractivity (Wildman–Crippen MR) is 116 cm³/mol. The number of alkyl halides is 2. The zero-order valence-corrected chi connectivity index (χ0v) is 18.2. The van der Waals surface area contributed by atoms with Gasteiger partial charge in [-0.3, -0.25) is 25.0 Å². The van der Waals surface area contributed by atoms with E-state index in [2.05, 4.69) is 20.4 Å². The number of methoxy groups -OCH3 is 1. The molecule has 34 heavy (non-hydrogen) atoms. The maximum Gasteiger partial charge on any atom is 0.387 e. The van der Waals surface area contributed by atoms with E-state index in [1.165, 1.54) is 24.4 Å². The first-order valence-electron chi connectivity index (χ1n) is 9.24. The lowest BCUT2D eigenvalue weighted by Gasteiger charge is -2.11. The van der Waals surface area contributed by atoms with Crippen LogP contribution in [0.15, 0.2) is 35.7 Å². The molecule has 0 fully saturated rings. The topological polar surface area (TPSA) is 133 Å². The quantitative estimate of drug-likeness (QED) is 0.342. The number of nitrogens with one attached hydrogen (secondary N) is 2. The summed E-state index contributed by atoms with van der Waals surface area (Å²) in [7, 11) is 1.11. The third-order valence-corrected chi connectivity index (χ3v) is 4.99. The summed E-state index contributed by atoms with van der Waals surface area (Å²) < 4.78 is 48.7. The van der Waals surface area contributed by atoms with Gasteiger partial charge in [-0.1, -0.05) is 0 Å². The fraction of sp³-hybridized carbons (Fsp3) is 0.150. The summed E-state index contributed by atoms with van der Waals surface area (Å²) >= 11 is 0.922. The van der Waals surface area contributed by atoms with Gasteiger partial charge >= 0.3 is 6.61 Å². The van der Waals surface area contributed by atoms with Gasteiger partial charge in [0.25, 0.3) is 11.6 Å². The van der Waals surface area contributed by atoms with Crippen molar-refractivity contribution in [3.63, 3.8) is 0 Å². The van der Waals surface area contributed by atoms with Crippen LogP contribution in [0, 0.1) is 15.9 Å². The molecule has 2 N–H and O–H groups in total. The molecule has 1 aromatic heterocycles. The molecule has 0 aliphatic rings. The fourth-order valence-corrected chi connectivity index (χ4v) is 3.56. The normalized spacial score (nSPS) is 10.6. The van der Waals surface area contributed by atoms with Crippen LogP contribution in [0.1, 0.15) is 17.3 Å². The average molecular weight is 496 g/mol. The molecular weight excluding hydrogens is 481 g/mol. The van der Waals surface area contributed by atoms with Gasteiger partial charge in [0.05, 0.1) is 23.8 Å². The summed E-state index contributed by atoms with van der Waals surface area (Å²) in [4.78, 5) is 38.4. The molecule has 1 heterocycles. The molecule has 2 amide bonds. The van der Waals surface area contributed by atoms with Gasteiger partial charge < -0.3 is 14.8 Å². The Morgan fingerprint density at radius 3 is 2.50 bits per heavy atom. The summed E-state index contributed by atoms with van der Waals surface area (Å²) in [6, 6.07) is 5.50. The van der Waals surface area contributed by atoms with E-state index < -0.39 is 40.3 Å². The number of aromatic nitrogens is 1. The van der Waals surface area contributed by atoms with Crippen molar-refractivity contribution in [3.8, 4) is 22.8 Å². The van der Waals surface area contributed by atoms with Crippen molar-refractivity contribution in [1.29, 1.82) is 0 Å². The number of anilines is 2. The minimum absolute atomic E-state index is 0.00786. The van der Waals surface area contributed by atoms with Crippen LogP contribution in [-0.4, -0.2) is 35.4 Å². The number of hydrogen-bond donors (Lipinski definition) is 2. The third-order valence-electron chi connectivity index (χ3n) is 4.23. The molecule has 0 atom stereocenters. The highest BCUT2D eigenvalue weighted by molar-refractivity contribution is 7.14. The maximum absolute atomic E-state index is 14.4. The van der Waals surface area contributed by atoms with Crippen LogP contribution in [0.2, 0.25) is 0 Å². The summed E-state index contributed by atoms with van der Waals surface area (Å²) in [5.41, 5.74) is -0.790. The summed E-state index contributed by atoms with van der Waals surface area (Å²) in [6.07, 6.45) is 0. The number of nitro benzene ring substituents is 1. The van der Waals surface area contributed by atoms with Crippen LogP contribution >= 0.6 is 11.3 Å². The molecule has 10 nitrogen and oxygen atoms in total. The van der Waals surface area contributed by atoms with Crippen molar-refractivity contribution in [1.82, 2.24) is 4.98 Å². The summed E-state index contributed by atoms with van der Waals surface area (Å²) in [6.45, 7) is -1.99. The highest BCUT2D eigenvalue weighted by Gasteiger charge is 2.26. The zero-order chi connectivity index (χ0) is 25.0. The molecule has 0 radical (unpaired) electrons. The largest absolute Gasteiger partial charge is 0.493 e. The lowest BCUT2D eigenvalue weighted by Crippen LogP contribution is -2.15.